The number of anilines is 1. The van der Waals surface area contributed by atoms with Gasteiger partial charge in [0.1, 0.15) is 40.5 Å². The Hall–Kier alpha value is -7.82. The number of thiazole rings is 1. The number of thioether (sulfide) groups is 1. The van der Waals surface area contributed by atoms with Crippen LogP contribution in [0.4, 0.5) is 5.13 Å². The first-order valence-electron chi connectivity index (χ1n) is 23.8. The van der Waals surface area contributed by atoms with Crippen molar-refractivity contribution >= 4 is 57.7 Å². The molecule has 0 saturated carbocycles. The molecule has 0 spiro atoms. The molecule has 0 aliphatic carbocycles. The summed E-state index contributed by atoms with van der Waals surface area (Å²) in [6, 6.07) is 49.7. The monoisotopic (exact) mass is 1010 g/mol. The molecule has 4 heterocycles. The Balaban J connectivity index is 1.05. The number of ether oxygens (including phenoxy) is 2. The smallest absolute Gasteiger partial charge is 0.356 e. The van der Waals surface area contributed by atoms with E-state index in [1.54, 1.807) is 26.2 Å². The Morgan fingerprint density at radius 3 is 1.82 bits per heavy atom. The lowest BCUT2D eigenvalue weighted by Gasteiger charge is -2.49. The summed E-state index contributed by atoms with van der Waals surface area (Å²) in [6.45, 7) is 8.51. The summed E-state index contributed by atoms with van der Waals surface area (Å²) in [5.41, 5.74) is 1.54. The minimum Gasteiger partial charge on any atom is -0.457 e. The summed E-state index contributed by atoms with van der Waals surface area (Å²) >= 11 is 2.67. The van der Waals surface area contributed by atoms with Crippen LogP contribution in [0.1, 0.15) is 74.2 Å². The molecular weight excluding hydrogens is 959 g/mol. The van der Waals surface area contributed by atoms with Crippen molar-refractivity contribution in [3.8, 4) is 0 Å². The van der Waals surface area contributed by atoms with E-state index in [4.69, 9.17) is 19.3 Å². The van der Waals surface area contributed by atoms with Gasteiger partial charge in [-0.1, -0.05) is 157 Å². The molecule has 1 fully saturated rings. The lowest BCUT2D eigenvalue weighted by atomic mass is 9.77. The van der Waals surface area contributed by atoms with Crippen molar-refractivity contribution in [2.75, 3.05) is 11.1 Å². The molecule has 5 aromatic carbocycles. The first-order valence-corrected chi connectivity index (χ1v) is 25.8. The van der Waals surface area contributed by atoms with Crippen LogP contribution in [0.25, 0.3) is 0 Å². The molecule has 2 amide bonds. The Labute approximate surface area is 432 Å². The summed E-state index contributed by atoms with van der Waals surface area (Å²) in [5.74, 6) is -2.33. The van der Waals surface area contributed by atoms with Crippen molar-refractivity contribution in [2.24, 2.45) is 12.2 Å². The zero-order chi connectivity index (χ0) is 51.3. The molecule has 0 radical (unpaired) electrons. The van der Waals surface area contributed by atoms with E-state index in [1.807, 2.05) is 187 Å². The summed E-state index contributed by atoms with van der Waals surface area (Å²) < 4.78 is 15.9. The van der Waals surface area contributed by atoms with Gasteiger partial charge in [0.15, 0.2) is 30.2 Å². The van der Waals surface area contributed by atoms with Crippen LogP contribution in [0.3, 0.4) is 0 Å². The summed E-state index contributed by atoms with van der Waals surface area (Å²) in [6.07, 6.45) is 3.01. The maximum atomic E-state index is 14.8. The number of nitrogens with zero attached hydrogens (tertiary/aromatic N) is 5. The highest BCUT2D eigenvalue weighted by atomic mass is 32.2. The van der Waals surface area contributed by atoms with Gasteiger partial charge >= 0.3 is 11.9 Å². The van der Waals surface area contributed by atoms with Crippen molar-refractivity contribution in [3.05, 3.63) is 220 Å². The molecular formula is C57H56N7O7S2+. The predicted molar refractivity (Wildman–Crippen MR) is 281 cm³/mol. The highest BCUT2D eigenvalue weighted by Gasteiger charge is 2.55. The number of aryl methyl sites for hydroxylation is 1. The quantitative estimate of drug-likeness (QED) is 0.0226. The summed E-state index contributed by atoms with van der Waals surface area (Å²) in [5, 5.41) is 12.4. The van der Waals surface area contributed by atoms with Gasteiger partial charge in [0, 0.05) is 17.2 Å². The highest BCUT2D eigenvalue weighted by Crippen LogP contribution is 2.43. The molecule has 372 valence electrons. The number of carbonyl (C=O) groups excluding carboxylic acids is 4. The first kappa shape index (κ1) is 50.1. The molecule has 2 aromatic heterocycles. The molecule has 14 nitrogen and oxygen atoms in total. The fraction of sp³-hybridized carbons (Fsp3) is 0.246. The number of fused-ring (bicyclic) bond motifs is 1. The second-order valence-electron chi connectivity index (χ2n) is 19.1. The van der Waals surface area contributed by atoms with E-state index in [9.17, 15) is 19.2 Å². The first-order chi connectivity index (χ1) is 35.1. The van der Waals surface area contributed by atoms with Crippen molar-refractivity contribution in [3.63, 3.8) is 0 Å². The zero-order valence-corrected chi connectivity index (χ0v) is 42.9. The highest BCUT2D eigenvalue weighted by molar-refractivity contribution is 8.00. The second kappa shape index (κ2) is 21.1. The summed E-state index contributed by atoms with van der Waals surface area (Å²) in [4.78, 5) is 70.0. The van der Waals surface area contributed by atoms with E-state index in [-0.39, 0.29) is 17.1 Å². The van der Waals surface area contributed by atoms with E-state index in [0.29, 0.717) is 23.0 Å². The lowest BCUT2D eigenvalue weighted by Crippen LogP contribution is -2.71. The SMILES string of the molecule is C[n+]1cccn1CC1=C(C(=O)OC(c2ccccc2)c2ccccc2)N2C(=O)[C@@H](NC(=O)C(=NOC(C)(C)C(=O)OC(C)(C)C)c3csc(NC(c4ccccc4)(c4ccccc4)c4ccccc4)n3)[C@H]2SC1. The molecule has 1 saturated heterocycles. The van der Waals surface area contributed by atoms with Crippen LogP contribution in [0.2, 0.25) is 0 Å². The fourth-order valence-corrected chi connectivity index (χ4v) is 10.8. The zero-order valence-electron chi connectivity index (χ0n) is 41.3. The van der Waals surface area contributed by atoms with Crippen molar-refractivity contribution in [2.45, 2.75) is 75.4 Å². The molecule has 73 heavy (non-hydrogen) atoms. The van der Waals surface area contributed by atoms with Crippen LogP contribution >= 0.6 is 23.1 Å². The Kier molecular flexibility index (Phi) is 14.5. The number of benzene rings is 5. The van der Waals surface area contributed by atoms with Gasteiger partial charge in [0.25, 0.3) is 11.8 Å². The molecule has 0 bridgehead atoms. The standard InChI is InChI=1S/C57H55N7O7S2/c1-55(2,3)70-53(68)56(4,5)71-61-45(44-37-73-54(58-44)60-57(41-27-16-9-17-28-41,42-29-18-10-19-30-42)43-31-20-11-21-32-43)49(65)59-46-50(66)64-47(40(36-72-51(46)64)35-63-34-22-33-62(63)6)52(67)69-48(38-23-12-7-13-24-38)39-25-14-8-15-26-39/h7-34,37,46,48,51H,35-36H2,1-6H3,(H-,58,59,60,65)/p+1/t46-,51-/m1/s1. The van der Waals surface area contributed by atoms with Gasteiger partial charge in [-0.25, -0.2) is 14.6 Å². The summed E-state index contributed by atoms with van der Waals surface area (Å²) in [7, 11) is 1.89. The molecule has 7 aromatic rings. The van der Waals surface area contributed by atoms with Crippen LogP contribution < -0.4 is 15.3 Å². The minimum atomic E-state index is -1.65. The number of rotatable bonds is 17. The number of carbonyl (C=O) groups is 4. The van der Waals surface area contributed by atoms with Crippen LogP contribution in [-0.2, 0) is 52.6 Å². The van der Waals surface area contributed by atoms with Gasteiger partial charge in [-0.05, 0) is 68.0 Å². The number of aromatic nitrogens is 3. The van der Waals surface area contributed by atoms with Gasteiger partial charge < -0.3 is 24.9 Å². The van der Waals surface area contributed by atoms with Crippen LogP contribution in [0.15, 0.2) is 192 Å². The van der Waals surface area contributed by atoms with Gasteiger partial charge in [-0.2, -0.15) is 4.68 Å². The van der Waals surface area contributed by atoms with Gasteiger partial charge in [0.05, 0.1) is 6.20 Å². The number of hydrogen-bond acceptors (Lipinski definition) is 12. The fourth-order valence-electron chi connectivity index (χ4n) is 8.75. The van der Waals surface area contributed by atoms with Gasteiger partial charge in [-0.3, -0.25) is 14.5 Å². The third kappa shape index (κ3) is 10.7. The van der Waals surface area contributed by atoms with Crippen molar-refractivity contribution < 1.29 is 38.2 Å². The molecule has 16 heteroatoms. The number of β-lactam (4-membered cyclic amide) rings is 1. The van der Waals surface area contributed by atoms with Gasteiger partial charge in [0.2, 0.25) is 5.60 Å². The maximum absolute atomic E-state index is 14.8. The molecule has 2 aliphatic heterocycles. The number of amides is 2. The van der Waals surface area contributed by atoms with Crippen molar-refractivity contribution in [1.29, 1.82) is 0 Å². The Bertz CT molecular complexity index is 3020. The normalized spacial score (nSPS) is 16.1. The van der Waals surface area contributed by atoms with E-state index >= 15 is 0 Å². The maximum Gasteiger partial charge on any atom is 0.356 e. The third-order valence-corrected chi connectivity index (χ3v) is 14.5. The number of nitrogens with one attached hydrogen (secondary N) is 2. The Morgan fingerprint density at radius 1 is 0.781 bits per heavy atom. The van der Waals surface area contributed by atoms with E-state index < -0.39 is 58.0 Å². The van der Waals surface area contributed by atoms with Gasteiger partial charge in [-0.15, -0.1) is 27.8 Å². The van der Waals surface area contributed by atoms with E-state index in [2.05, 4.69) is 15.8 Å². The van der Waals surface area contributed by atoms with Crippen molar-refractivity contribution in [1.82, 2.24) is 19.9 Å². The van der Waals surface area contributed by atoms with Crippen LogP contribution in [0, 0.1) is 0 Å². The topological polar surface area (TPSA) is 157 Å². The van der Waals surface area contributed by atoms with E-state index in [0.717, 1.165) is 27.8 Å². The number of hydrogen-bond donors (Lipinski definition) is 2. The molecule has 2 N–H and O–H groups in total. The molecule has 0 unspecified atom stereocenters. The predicted octanol–water partition coefficient (Wildman–Crippen LogP) is 8.70. The number of esters is 2. The van der Waals surface area contributed by atoms with Crippen LogP contribution in [-0.4, -0.2) is 72.4 Å². The van der Waals surface area contributed by atoms with Crippen LogP contribution in [0.5, 0.6) is 0 Å². The largest absolute Gasteiger partial charge is 0.457 e. The minimum absolute atomic E-state index is 0.118. The number of oxime groups is 1. The third-order valence-electron chi connectivity index (χ3n) is 12.4. The second-order valence-corrected chi connectivity index (χ2v) is 21.1. The molecule has 9 rings (SSSR count). The Morgan fingerprint density at radius 2 is 1.32 bits per heavy atom. The average Bonchev–Trinajstić information content (AvgIpc) is 4.04. The average molecular weight is 1020 g/mol. The molecule has 2 atom stereocenters. The van der Waals surface area contributed by atoms with E-state index in [1.165, 1.54) is 41.8 Å². The lowest BCUT2D eigenvalue weighted by molar-refractivity contribution is -0.752. The molecule has 2 aliphatic rings.